The fourth-order valence-electron chi connectivity index (χ4n) is 1.29. The van der Waals surface area contributed by atoms with Crippen molar-refractivity contribution in [3.63, 3.8) is 0 Å². The first kappa shape index (κ1) is 13.5. The minimum atomic E-state index is -4.69. The van der Waals surface area contributed by atoms with E-state index in [9.17, 15) is 0 Å². The van der Waals surface area contributed by atoms with E-state index in [1.807, 2.05) is 6.92 Å². The van der Waals surface area contributed by atoms with Crippen LogP contribution >= 0.6 is 11.8 Å². The van der Waals surface area contributed by atoms with Crippen molar-refractivity contribution in [2.45, 2.75) is 19.9 Å². The van der Waals surface area contributed by atoms with Crippen LogP contribution in [0.5, 0.6) is 0 Å². The zero-order valence-electron chi connectivity index (χ0n) is 8.66. The molecule has 1 atom stereocenters. The number of allylic oxidation sites excluding steroid dienone is 1. The topological polar surface area (TPSA) is 105 Å². The molecule has 0 saturated carbocycles. The summed E-state index contributed by atoms with van der Waals surface area (Å²) in [6, 6.07) is 0.466. The van der Waals surface area contributed by atoms with Gasteiger partial charge in [-0.15, -0.1) is 0 Å². The molecule has 0 aromatic rings. The lowest BCUT2D eigenvalue weighted by molar-refractivity contribution is -1.92. The number of hydrogen-bond acceptors (Lipinski definition) is 7. The van der Waals surface area contributed by atoms with Crippen molar-refractivity contribution in [2.75, 3.05) is 0 Å². The van der Waals surface area contributed by atoms with Crippen molar-refractivity contribution in [3.8, 4) is 0 Å². The van der Waals surface area contributed by atoms with E-state index in [1.54, 1.807) is 11.8 Å². The quantitative estimate of drug-likeness (QED) is 0.546. The molecule has 16 heavy (non-hydrogen) atoms. The molecule has 1 N–H and O–H groups in total. The van der Waals surface area contributed by atoms with Gasteiger partial charge in [-0.3, -0.25) is 0 Å². The van der Waals surface area contributed by atoms with Crippen molar-refractivity contribution in [2.24, 2.45) is 4.99 Å². The Balaban J connectivity index is 0.000000221. The summed E-state index contributed by atoms with van der Waals surface area (Å²) in [7, 11) is -4.69. The normalized spacial score (nSPS) is 23.1. The highest BCUT2D eigenvalue weighted by molar-refractivity contribution is 8.16. The van der Waals surface area contributed by atoms with Crippen LogP contribution in [0.15, 0.2) is 28.4 Å². The van der Waals surface area contributed by atoms with E-state index in [0.717, 1.165) is 10.9 Å². The van der Waals surface area contributed by atoms with Crippen LogP contribution < -0.4 is 14.0 Å². The second kappa shape index (κ2) is 5.17. The lowest BCUT2D eigenvalue weighted by Crippen LogP contribution is -2.58. The highest BCUT2D eigenvalue weighted by atomic mass is 35.7. The summed E-state index contributed by atoms with van der Waals surface area (Å²) in [5.74, 6) is 0. The molecule has 2 aliphatic heterocycles. The number of amidine groups is 1. The number of fused-ring (bicyclic) bond motifs is 1. The Labute approximate surface area is 99.3 Å². The van der Waals surface area contributed by atoms with Crippen molar-refractivity contribution in [1.29, 1.82) is 0 Å². The largest absolute Gasteiger partial charge is 0.320 e. The summed E-state index contributed by atoms with van der Waals surface area (Å²) in [5.41, 5.74) is 1.12. The van der Waals surface area contributed by atoms with Crippen molar-refractivity contribution < 1.29 is 28.9 Å². The summed E-state index contributed by atoms with van der Waals surface area (Å²) < 4.78 is 32.7. The zero-order valence-corrected chi connectivity index (χ0v) is 10.2. The number of thioether (sulfide) groups is 1. The van der Waals surface area contributed by atoms with Crippen molar-refractivity contribution in [3.05, 3.63) is 23.4 Å². The summed E-state index contributed by atoms with van der Waals surface area (Å²) in [5, 5.41) is 3.18. The smallest absolute Gasteiger partial charge is 0.173 e. The molecule has 0 aromatic carbocycles. The first-order valence-electron chi connectivity index (χ1n) is 4.29. The third-order valence-corrected chi connectivity index (χ3v) is 2.58. The second-order valence-electron chi connectivity index (χ2n) is 3.15. The van der Waals surface area contributed by atoms with E-state index in [0.29, 0.717) is 6.04 Å². The van der Waals surface area contributed by atoms with Gasteiger partial charge in [0.05, 0.1) is 20.9 Å². The van der Waals surface area contributed by atoms with Crippen LogP contribution in [-0.2, 0) is 0 Å². The van der Waals surface area contributed by atoms with Gasteiger partial charge in [-0.1, -0.05) is 11.8 Å². The first-order chi connectivity index (χ1) is 7.27. The van der Waals surface area contributed by atoms with E-state index in [1.165, 1.54) is 0 Å². The molecule has 2 rings (SSSR count). The molecule has 0 radical (unpaired) electrons. The molecule has 0 bridgehead atoms. The SMILES string of the molecule is CC1=CC(C)N2C=CSC2=N1.[O-][Cl+3]([O-])([O-])O. The molecule has 90 valence electrons. The van der Waals surface area contributed by atoms with Crippen LogP contribution in [0.25, 0.3) is 0 Å². The monoisotopic (exact) mass is 266 g/mol. The fraction of sp³-hybridized carbons (Fsp3) is 0.375. The second-order valence-corrected chi connectivity index (χ2v) is 4.81. The van der Waals surface area contributed by atoms with E-state index in [-0.39, 0.29) is 0 Å². The van der Waals surface area contributed by atoms with Gasteiger partial charge < -0.3 is 4.90 Å². The lowest BCUT2D eigenvalue weighted by atomic mass is 10.2. The lowest BCUT2D eigenvalue weighted by Gasteiger charge is -2.25. The van der Waals surface area contributed by atoms with Crippen molar-refractivity contribution in [1.82, 2.24) is 4.90 Å². The first-order valence-corrected chi connectivity index (χ1v) is 6.44. The summed E-state index contributed by atoms with van der Waals surface area (Å²) in [4.78, 5) is 6.58. The van der Waals surface area contributed by atoms with Gasteiger partial charge in [0.15, 0.2) is 5.17 Å². The van der Waals surface area contributed by atoms with E-state index >= 15 is 0 Å². The Morgan fingerprint density at radius 1 is 1.50 bits per heavy atom. The van der Waals surface area contributed by atoms with Crippen LogP contribution in [0.4, 0.5) is 0 Å². The highest BCUT2D eigenvalue weighted by Crippen LogP contribution is 2.27. The van der Waals surface area contributed by atoms with Crippen molar-refractivity contribution >= 4 is 16.9 Å². The molecule has 0 fully saturated rings. The molecule has 8 heteroatoms. The molecule has 2 heterocycles. The predicted molar refractivity (Wildman–Crippen MR) is 51.4 cm³/mol. The van der Waals surface area contributed by atoms with Gasteiger partial charge in [-0.25, -0.2) is 4.99 Å². The molecule has 2 aliphatic rings. The third-order valence-electron chi connectivity index (χ3n) is 1.81. The van der Waals surface area contributed by atoms with Crippen LogP contribution in [0.3, 0.4) is 0 Å². The molecular weight excluding hydrogens is 256 g/mol. The zero-order chi connectivity index (χ0) is 12.3. The summed E-state index contributed by atoms with van der Waals surface area (Å²) in [6.45, 7) is 4.22. The number of aliphatic imine (C=N–C) groups is 1. The van der Waals surface area contributed by atoms with Crippen LogP contribution in [-0.4, -0.2) is 20.8 Å². The van der Waals surface area contributed by atoms with E-state index in [4.69, 9.17) is 18.6 Å². The summed E-state index contributed by atoms with van der Waals surface area (Å²) >= 11 is 1.69. The van der Waals surface area contributed by atoms with Gasteiger partial charge in [0.25, 0.3) is 0 Å². The molecule has 6 nitrogen and oxygen atoms in total. The maximum absolute atomic E-state index is 8.60. The molecule has 0 aliphatic carbocycles. The van der Waals surface area contributed by atoms with Crippen LogP contribution in [0.2, 0.25) is 0 Å². The average Bonchev–Trinajstić information content (AvgIpc) is 2.47. The number of rotatable bonds is 0. The fourth-order valence-corrected chi connectivity index (χ4v) is 2.15. The Hall–Kier alpha value is -0.570. The maximum atomic E-state index is 8.60. The van der Waals surface area contributed by atoms with Crippen LogP contribution in [0.1, 0.15) is 13.8 Å². The van der Waals surface area contributed by atoms with Gasteiger partial charge in [0, 0.05) is 11.9 Å². The minimum Gasteiger partial charge on any atom is -0.320 e. The Kier molecular flexibility index (Phi) is 4.36. The molecule has 1 unspecified atom stereocenters. The van der Waals surface area contributed by atoms with Gasteiger partial charge in [0.2, 0.25) is 0 Å². The minimum absolute atomic E-state index is 0.466. The van der Waals surface area contributed by atoms with Crippen LogP contribution in [0, 0.1) is 10.2 Å². The molecule has 0 saturated heterocycles. The Morgan fingerprint density at radius 3 is 2.62 bits per heavy atom. The summed E-state index contributed by atoms with van der Waals surface area (Å²) in [6.07, 6.45) is 4.25. The number of nitrogens with zero attached hydrogens (tertiary/aromatic N) is 2. The Morgan fingerprint density at radius 2 is 2.06 bits per heavy atom. The predicted octanol–water partition coefficient (Wildman–Crippen LogP) is -1.96. The molecular formula is C8H11ClN2O4S. The van der Waals surface area contributed by atoms with Gasteiger partial charge in [-0.05, 0) is 25.3 Å². The molecule has 0 spiro atoms. The van der Waals surface area contributed by atoms with E-state index < -0.39 is 10.2 Å². The third kappa shape index (κ3) is 4.52. The number of hydrogen-bond donors (Lipinski definition) is 1. The van der Waals surface area contributed by atoms with E-state index in [2.05, 4.69) is 34.5 Å². The van der Waals surface area contributed by atoms with Gasteiger partial charge in [0.1, 0.15) is 0 Å². The van der Waals surface area contributed by atoms with Gasteiger partial charge >= 0.3 is 0 Å². The number of halogens is 1. The average molecular weight is 267 g/mol. The highest BCUT2D eigenvalue weighted by Gasteiger charge is 2.21. The maximum Gasteiger partial charge on any atom is 0.173 e. The van der Waals surface area contributed by atoms with Gasteiger partial charge in [-0.2, -0.15) is 14.0 Å². The molecule has 0 aromatic heterocycles. The standard InChI is InChI=1S/C8H10N2S.ClHO4/c1-6-5-7(2)10-3-4-11-8(10)9-6;2-1(3,4)5/h3-5,7H,1-2H3;(H,2,3,4,5). The Bertz CT molecular complexity index is 344. The molecule has 0 amide bonds.